The van der Waals surface area contributed by atoms with E-state index < -0.39 is 0 Å². The monoisotopic (exact) mass is 231 g/mol. The maximum Gasteiger partial charge on any atom is 0.146 e. The third-order valence-corrected chi connectivity index (χ3v) is 2.55. The van der Waals surface area contributed by atoms with Crippen molar-refractivity contribution in [2.24, 2.45) is 0 Å². The molecule has 0 unspecified atom stereocenters. The van der Waals surface area contributed by atoms with Crippen LogP contribution < -0.4 is 10.1 Å². The van der Waals surface area contributed by atoms with Gasteiger partial charge < -0.3 is 14.5 Å². The Kier molecular flexibility index (Phi) is 3.83. The Morgan fingerprint density at radius 1 is 1.29 bits per heavy atom. The second kappa shape index (κ2) is 5.55. The van der Waals surface area contributed by atoms with Crippen LogP contribution in [-0.4, -0.2) is 7.05 Å². The quantitative estimate of drug-likeness (QED) is 0.859. The predicted octanol–water partition coefficient (Wildman–Crippen LogP) is 2.89. The summed E-state index contributed by atoms with van der Waals surface area (Å²) in [5.74, 6) is 1.75. The maximum atomic E-state index is 5.70. The Bertz CT molecular complexity index is 477. The van der Waals surface area contributed by atoms with Crippen LogP contribution in [0.15, 0.2) is 41.0 Å². The van der Waals surface area contributed by atoms with Crippen LogP contribution in [-0.2, 0) is 13.2 Å². The third-order valence-electron chi connectivity index (χ3n) is 2.55. The second-order valence-electron chi connectivity index (χ2n) is 4.01. The van der Waals surface area contributed by atoms with Gasteiger partial charge in [0.2, 0.25) is 0 Å². The Morgan fingerprint density at radius 3 is 2.88 bits per heavy atom. The van der Waals surface area contributed by atoms with E-state index in [0.717, 1.165) is 29.2 Å². The molecule has 0 saturated carbocycles. The Labute approximate surface area is 101 Å². The first-order chi connectivity index (χ1) is 8.29. The molecule has 0 aliphatic carbocycles. The molecule has 0 radical (unpaired) electrons. The first kappa shape index (κ1) is 11.7. The zero-order valence-corrected chi connectivity index (χ0v) is 10.2. The van der Waals surface area contributed by atoms with Crippen molar-refractivity contribution < 1.29 is 9.15 Å². The molecule has 0 aliphatic rings. The van der Waals surface area contributed by atoms with Crippen molar-refractivity contribution in [3.05, 3.63) is 53.5 Å². The normalized spacial score (nSPS) is 10.5. The van der Waals surface area contributed by atoms with Crippen molar-refractivity contribution in [2.75, 3.05) is 7.05 Å². The molecule has 0 atom stereocenters. The zero-order valence-electron chi connectivity index (χ0n) is 10.2. The molecule has 1 aromatic carbocycles. The van der Waals surface area contributed by atoms with Crippen LogP contribution in [0.5, 0.6) is 5.75 Å². The number of benzene rings is 1. The molecule has 90 valence electrons. The number of rotatable bonds is 5. The molecule has 17 heavy (non-hydrogen) atoms. The zero-order chi connectivity index (χ0) is 12.1. The minimum Gasteiger partial charge on any atom is -0.485 e. The molecule has 1 N–H and O–H groups in total. The van der Waals surface area contributed by atoms with Crippen LogP contribution in [0, 0.1) is 6.92 Å². The molecule has 2 aromatic rings. The van der Waals surface area contributed by atoms with Crippen LogP contribution in [0.25, 0.3) is 0 Å². The number of ether oxygens (including phenoxy) is 1. The SMILES string of the molecule is CNCc1coc(COc2ccccc2C)c1. The highest BCUT2D eigenvalue weighted by atomic mass is 16.5. The standard InChI is InChI=1S/C14H17NO2/c1-11-5-3-4-6-14(11)17-10-13-7-12(8-15-2)9-16-13/h3-7,9,15H,8,10H2,1-2H3. The van der Waals surface area contributed by atoms with E-state index in [1.807, 2.05) is 44.3 Å². The first-order valence-electron chi connectivity index (χ1n) is 5.69. The van der Waals surface area contributed by atoms with Crippen LogP contribution >= 0.6 is 0 Å². The highest BCUT2D eigenvalue weighted by molar-refractivity contribution is 5.31. The summed E-state index contributed by atoms with van der Waals surface area (Å²) in [5.41, 5.74) is 2.27. The van der Waals surface area contributed by atoms with Crippen molar-refractivity contribution in [2.45, 2.75) is 20.1 Å². The molecule has 3 heteroatoms. The van der Waals surface area contributed by atoms with Crippen molar-refractivity contribution in [3.8, 4) is 5.75 Å². The molecule has 0 bridgehead atoms. The van der Waals surface area contributed by atoms with Gasteiger partial charge in [-0.05, 0) is 31.7 Å². The van der Waals surface area contributed by atoms with E-state index in [-0.39, 0.29) is 0 Å². The van der Waals surface area contributed by atoms with E-state index in [1.54, 1.807) is 6.26 Å². The Morgan fingerprint density at radius 2 is 2.12 bits per heavy atom. The van der Waals surface area contributed by atoms with Gasteiger partial charge >= 0.3 is 0 Å². The number of hydrogen-bond acceptors (Lipinski definition) is 3. The van der Waals surface area contributed by atoms with Gasteiger partial charge in [-0.3, -0.25) is 0 Å². The molecular weight excluding hydrogens is 214 g/mol. The fourth-order valence-electron chi connectivity index (χ4n) is 1.67. The molecule has 2 rings (SSSR count). The lowest BCUT2D eigenvalue weighted by molar-refractivity contribution is 0.268. The van der Waals surface area contributed by atoms with Crippen LogP contribution in [0.3, 0.4) is 0 Å². The van der Waals surface area contributed by atoms with E-state index in [0.29, 0.717) is 6.61 Å². The molecule has 1 aromatic heterocycles. The van der Waals surface area contributed by atoms with Crippen molar-refractivity contribution >= 4 is 0 Å². The molecular formula is C14H17NO2. The van der Waals surface area contributed by atoms with E-state index >= 15 is 0 Å². The van der Waals surface area contributed by atoms with Crippen molar-refractivity contribution in [3.63, 3.8) is 0 Å². The van der Waals surface area contributed by atoms with Gasteiger partial charge in [0.1, 0.15) is 18.1 Å². The number of nitrogens with one attached hydrogen (secondary N) is 1. The van der Waals surface area contributed by atoms with Gasteiger partial charge in [-0.15, -0.1) is 0 Å². The summed E-state index contributed by atoms with van der Waals surface area (Å²) in [5, 5.41) is 3.08. The topological polar surface area (TPSA) is 34.4 Å². The highest BCUT2D eigenvalue weighted by Gasteiger charge is 2.03. The lowest BCUT2D eigenvalue weighted by Crippen LogP contribution is -2.03. The van der Waals surface area contributed by atoms with Crippen molar-refractivity contribution in [1.82, 2.24) is 5.32 Å². The average Bonchev–Trinajstić information content (AvgIpc) is 2.76. The molecule has 3 nitrogen and oxygen atoms in total. The fraction of sp³-hybridized carbons (Fsp3) is 0.286. The summed E-state index contributed by atoms with van der Waals surface area (Å²) in [7, 11) is 1.91. The van der Waals surface area contributed by atoms with Gasteiger partial charge in [0.05, 0.1) is 6.26 Å². The van der Waals surface area contributed by atoms with Gasteiger partial charge in [0.25, 0.3) is 0 Å². The smallest absolute Gasteiger partial charge is 0.146 e. The Balaban J connectivity index is 1.95. The molecule has 0 aliphatic heterocycles. The van der Waals surface area contributed by atoms with Gasteiger partial charge in [-0.2, -0.15) is 0 Å². The number of para-hydroxylation sites is 1. The first-order valence-corrected chi connectivity index (χ1v) is 5.69. The van der Waals surface area contributed by atoms with Crippen molar-refractivity contribution in [1.29, 1.82) is 0 Å². The van der Waals surface area contributed by atoms with Crippen LogP contribution in [0.4, 0.5) is 0 Å². The lowest BCUT2D eigenvalue weighted by Gasteiger charge is -2.06. The van der Waals surface area contributed by atoms with E-state index in [2.05, 4.69) is 5.32 Å². The molecule has 0 saturated heterocycles. The lowest BCUT2D eigenvalue weighted by atomic mass is 10.2. The summed E-state index contributed by atoms with van der Waals surface area (Å²) in [6.45, 7) is 3.31. The van der Waals surface area contributed by atoms with Gasteiger partial charge in [0.15, 0.2) is 0 Å². The molecule has 0 spiro atoms. The summed E-state index contributed by atoms with van der Waals surface area (Å²) in [6.07, 6.45) is 1.76. The fourth-order valence-corrected chi connectivity index (χ4v) is 1.67. The maximum absolute atomic E-state index is 5.70. The van der Waals surface area contributed by atoms with E-state index in [4.69, 9.17) is 9.15 Å². The van der Waals surface area contributed by atoms with E-state index in [1.165, 1.54) is 0 Å². The number of aryl methyl sites for hydroxylation is 1. The van der Waals surface area contributed by atoms with Gasteiger partial charge in [0, 0.05) is 12.1 Å². The minimum atomic E-state index is 0.467. The second-order valence-corrected chi connectivity index (χ2v) is 4.01. The summed E-state index contributed by atoms with van der Waals surface area (Å²) < 4.78 is 11.1. The average molecular weight is 231 g/mol. The largest absolute Gasteiger partial charge is 0.485 e. The van der Waals surface area contributed by atoms with E-state index in [9.17, 15) is 0 Å². The Hall–Kier alpha value is -1.74. The predicted molar refractivity (Wildman–Crippen MR) is 67.0 cm³/mol. The third kappa shape index (κ3) is 3.11. The summed E-state index contributed by atoms with van der Waals surface area (Å²) in [4.78, 5) is 0. The minimum absolute atomic E-state index is 0.467. The number of furan rings is 1. The van der Waals surface area contributed by atoms with Gasteiger partial charge in [-0.1, -0.05) is 18.2 Å². The molecule has 1 heterocycles. The van der Waals surface area contributed by atoms with Gasteiger partial charge in [-0.25, -0.2) is 0 Å². The summed E-state index contributed by atoms with van der Waals surface area (Å²) >= 11 is 0. The van der Waals surface area contributed by atoms with Crippen LogP contribution in [0.2, 0.25) is 0 Å². The number of hydrogen-bond donors (Lipinski definition) is 1. The summed E-state index contributed by atoms with van der Waals surface area (Å²) in [6, 6.07) is 9.97. The highest BCUT2D eigenvalue weighted by Crippen LogP contribution is 2.18. The molecule has 0 fully saturated rings. The molecule has 0 amide bonds. The van der Waals surface area contributed by atoms with Crippen LogP contribution in [0.1, 0.15) is 16.9 Å².